The number of benzene rings is 1. The third kappa shape index (κ3) is 2.66. The van der Waals surface area contributed by atoms with Gasteiger partial charge in [0.05, 0.1) is 23.6 Å². The van der Waals surface area contributed by atoms with Gasteiger partial charge in [0.1, 0.15) is 12.9 Å². The number of piperidine rings is 1. The quantitative estimate of drug-likeness (QED) is 0.913. The smallest absolute Gasteiger partial charge is 0.311 e. The summed E-state index contributed by atoms with van der Waals surface area (Å²) in [5, 5.41) is 9.16. The van der Waals surface area contributed by atoms with Crippen LogP contribution in [0.4, 0.5) is 0 Å². The first-order valence-electron chi connectivity index (χ1n) is 7.58. The Hall–Kier alpha value is -2.08. The second kappa shape index (κ2) is 6.36. The molecule has 1 aromatic carbocycles. The van der Waals surface area contributed by atoms with E-state index in [9.17, 15) is 4.79 Å². The van der Waals surface area contributed by atoms with Crippen LogP contribution in [0, 0.1) is 5.92 Å². The lowest BCUT2D eigenvalue weighted by Gasteiger charge is -2.23. The molecule has 0 amide bonds. The molecule has 1 aliphatic rings. The number of aromatic nitrogens is 2. The monoisotopic (exact) mass is 303 g/mol. The highest BCUT2D eigenvalue weighted by Crippen LogP contribution is 2.28. The van der Waals surface area contributed by atoms with E-state index in [1.165, 1.54) is 7.11 Å². The van der Waals surface area contributed by atoms with Crippen LogP contribution in [-0.4, -0.2) is 37.3 Å². The van der Waals surface area contributed by atoms with E-state index in [2.05, 4.69) is 10.4 Å². The molecule has 2 aromatic rings. The Bertz CT molecular complexity index is 720. The molecule has 6 nitrogen and oxygen atoms in total. The summed E-state index contributed by atoms with van der Waals surface area (Å²) >= 11 is 0. The highest BCUT2D eigenvalue weighted by molar-refractivity contribution is 5.89. The Morgan fingerprint density at radius 1 is 1.32 bits per heavy atom. The molecule has 1 saturated heterocycles. The number of fused-ring (bicyclic) bond motifs is 1. The van der Waals surface area contributed by atoms with E-state index in [0.717, 1.165) is 48.3 Å². The van der Waals surface area contributed by atoms with Gasteiger partial charge in [0.25, 0.3) is 0 Å². The molecule has 1 N–H and O–H groups in total. The summed E-state index contributed by atoms with van der Waals surface area (Å²) in [7, 11) is 3.07. The van der Waals surface area contributed by atoms with Crippen molar-refractivity contribution < 1.29 is 9.57 Å². The maximum absolute atomic E-state index is 12.4. The lowest BCUT2D eigenvalue weighted by Crippen LogP contribution is -2.31. The first-order valence-corrected chi connectivity index (χ1v) is 7.58. The first-order chi connectivity index (χ1) is 10.7. The molecule has 2 heterocycles. The molecule has 0 unspecified atom stereocenters. The van der Waals surface area contributed by atoms with Crippen LogP contribution in [0.1, 0.15) is 18.5 Å². The van der Waals surface area contributed by atoms with Gasteiger partial charge in [-0.3, -0.25) is 4.79 Å². The Morgan fingerprint density at radius 3 is 2.77 bits per heavy atom. The van der Waals surface area contributed by atoms with Crippen molar-refractivity contribution in [2.45, 2.75) is 19.3 Å². The van der Waals surface area contributed by atoms with E-state index in [0.29, 0.717) is 17.1 Å². The fraction of sp³-hybridized carbons (Fsp3) is 0.500. The van der Waals surface area contributed by atoms with E-state index in [4.69, 9.17) is 9.57 Å². The summed E-state index contributed by atoms with van der Waals surface area (Å²) in [6, 6.07) is 5.48. The molecule has 118 valence electrons. The van der Waals surface area contributed by atoms with Crippen LogP contribution in [0.2, 0.25) is 0 Å². The van der Waals surface area contributed by atoms with Gasteiger partial charge in [0.2, 0.25) is 0 Å². The number of hydrogen-bond acceptors (Lipinski definition) is 5. The highest BCUT2D eigenvalue weighted by Gasteiger charge is 2.20. The van der Waals surface area contributed by atoms with Crippen LogP contribution >= 0.6 is 0 Å². The van der Waals surface area contributed by atoms with E-state index in [1.807, 2.05) is 12.1 Å². The van der Waals surface area contributed by atoms with Gasteiger partial charge in [0.15, 0.2) is 0 Å². The summed E-state index contributed by atoms with van der Waals surface area (Å²) in [5.74, 6) is 1.25. The minimum absolute atomic E-state index is 0.259. The minimum Gasteiger partial charge on any atom is -0.496 e. The van der Waals surface area contributed by atoms with Crippen molar-refractivity contribution in [1.29, 1.82) is 0 Å². The predicted octanol–water partition coefficient (Wildman–Crippen LogP) is 1.01. The third-order valence-electron chi connectivity index (χ3n) is 4.26. The molecule has 0 atom stereocenters. The van der Waals surface area contributed by atoms with Crippen LogP contribution in [0.15, 0.2) is 23.0 Å². The van der Waals surface area contributed by atoms with Crippen molar-refractivity contribution >= 4 is 10.8 Å². The van der Waals surface area contributed by atoms with Gasteiger partial charge in [-0.15, -0.1) is 5.10 Å². The van der Waals surface area contributed by atoms with E-state index in [1.54, 1.807) is 13.2 Å². The van der Waals surface area contributed by atoms with Crippen LogP contribution < -0.4 is 20.5 Å². The van der Waals surface area contributed by atoms with Crippen LogP contribution in [-0.2, 0) is 6.42 Å². The predicted molar refractivity (Wildman–Crippen MR) is 84.4 cm³/mol. The maximum Gasteiger partial charge on any atom is 0.311 e. The molecular weight excluding hydrogens is 282 g/mol. The minimum atomic E-state index is -0.259. The number of ether oxygens (including phenoxy) is 1. The van der Waals surface area contributed by atoms with Crippen molar-refractivity contribution in [3.8, 4) is 5.75 Å². The molecule has 0 aliphatic carbocycles. The largest absolute Gasteiger partial charge is 0.496 e. The molecule has 1 fully saturated rings. The summed E-state index contributed by atoms with van der Waals surface area (Å²) in [6.45, 7) is 2.06. The average molecular weight is 303 g/mol. The number of rotatable bonds is 4. The van der Waals surface area contributed by atoms with E-state index in [-0.39, 0.29) is 5.56 Å². The molecule has 0 bridgehead atoms. The molecule has 0 radical (unpaired) electrons. The second-order valence-electron chi connectivity index (χ2n) is 5.59. The number of nitrogens with zero attached hydrogens (tertiary/aromatic N) is 2. The zero-order chi connectivity index (χ0) is 15.5. The first kappa shape index (κ1) is 14.8. The van der Waals surface area contributed by atoms with Gasteiger partial charge in [-0.1, -0.05) is 10.9 Å². The van der Waals surface area contributed by atoms with Gasteiger partial charge < -0.3 is 14.9 Å². The Labute approximate surface area is 129 Å². The third-order valence-corrected chi connectivity index (χ3v) is 4.26. The summed E-state index contributed by atoms with van der Waals surface area (Å²) in [6.07, 6.45) is 3.05. The lowest BCUT2D eigenvalue weighted by atomic mass is 9.91. The summed E-state index contributed by atoms with van der Waals surface area (Å²) in [5.41, 5.74) is 0.603. The normalized spacial score (nSPS) is 15.9. The molecule has 3 rings (SSSR count). The molecule has 0 spiro atoms. The molecule has 1 aromatic heterocycles. The molecule has 6 heteroatoms. The highest BCUT2D eigenvalue weighted by atomic mass is 16.7. The molecular formula is C16H21N3O3. The van der Waals surface area contributed by atoms with Crippen molar-refractivity contribution in [2.24, 2.45) is 5.92 Å². The summed E-state index contributed by atoms with van der Waals surface area (Å²) < 4.78 is 5.44. The van der Waals surface area contributed by atoms with Crippen molar-refractivity contribution in [3.05, 3.63) is 34.2 Å². The van der Waals surface area contributed by atoms with Crippen LogP contribution in [0.25, 0.3) is 10.8 Å². The van der Waals surface area contributed by atoms with Crippen molar-refractivity contribution in [2.75, 3.05) is 27.3 Å². The topological polar surface area (TPSA) is 65.4 Å². The van der Waals surface area contributed by atoms with Crippen LogP contribution in [0.5, 0.6) is 5.75 Å². The zero-order valence-corrected chi connectivity index (χ0v) is 13.0. The molecule has 22 heavy (non-hydrogen) atoms. The maximum atomic E-state index is 12.4. The number of hydrogen-bond donors (Lipinski definition) is 1. The van der Waals surface area contributed by atoms with E-state index >= 15 is 0 Å². The van der Waals surface area contributed by atoms with Gasteiger partial charge in [0, 0.05) is 0 Å². The van der Waals surface area contributed by atoms with Crippen molar-refractivity contribution in [3.63, 3.8) is 0 Å². The van der Waals surface area contributed by atoms with Gasteiger partial charge >= 0.3 is 5.56 Å². The van der Waals surface area contributed by atoms with Gasteiger partial charge in [-0.25, -0.2) is 0 Å². The Kier molecular flexibility index (Phi) is 4.29. The zero-order valence-electron chi connectivity index (χ0n) is 13.0. The fourth-order valence-electron chi connectivity index (χ4n) is 3.11. The number of methoxy groups -OCH3 is 1. The SMILES string of the molecule is COc1cccc2c(=O)n(OC)nc(CC3CCNCC3)c12. The van der Waals surface area contributed by atoms with Gasteiger partial charge in [-0.05, 0) is 50.4 Å². The fourth-order valence-corrected chi connectivity index (χ4v) is 3.11. The second-order valence-corrected chi connectivity index (χ2v) is 5.59. The van der Waals surface area contributed by atoms with E-state index < -0.39 is 0 Å². The standard InChI is InChI=1S/C16H21N3O3/c1-21-14-5-3-4-12-15(14)13(18-19(22-2)16(12)20)10-11-6-8-17-9-7-11/h3-5,11,17H,6-10H2,1-2H3. The van der Waals surface area contributed by atoms with Crippen molar-refractivity contribution in [1.82, 2.24) is 15.3 Å². The lowest BCUT2D eigenvalue weighted by molar-refractivity contribution is 0.120. The Morgan fingerprint density at radius 2 is 2.09 bits per heavy atom. The average Bonchev–Trinajstić information content (AvgIpc) is 2.57. The van der Waals surface area contributed by atoms with Crippen LogP contribution in [0.3, 0.4) is 0 Å². The molecule has 1 aliphatic heterocycles. The number of nitrogens with one attached hydrogen (secondary N) is 1. The van der Waals surface area contributed by atoms with Gasteiger partial charge in [-0.2, -0.15) is 0 Å². The Balaban J connectivity index is 2.13. The summed E-state index contributed by atoms with van der Waals surface area (Å²) in [4.78, 5) is 18.5. The molecule has 0 saturated carbocycles.